The first kappa shape index (κ1) is 19.0. The van der Waals surface area contributed by atoms with Gasteiger partial charge in [0.2, 0.25) is 0 Å². The Morgan fingerprint density at radius 3 is 1.08 bits per heavy atom. The second kappa shape index (κ2) is 8.96. The molecule has 0 aliphatic carbocycles. The molecule has 0 aromatic heterocycles. The summed E-state index contributed by atoms with van der Waals surface area (Å²) in [5, 5.41) is 32.5. The van der Waals surface area contributed by atoms with E-state index >= 15 is 0 Å². The molecule has 12 heavy (non-hydrogen) atoms. The normalized spacial score (nSPS) is 13.2. The zero-order valence-corrected chi connectivity index (χ0v) is 4.76. The Labute approximate surface area is 128 Å². The molecule has 0 fully saturated rings. The molecule has 2 unspecified atom stereocenters. The standard InChI is InChI=1S/C4H6O6.2Ca.4H/c5-1(3(7)8)2(6)4(9)10;;;;;;/h1-2,5-6H,(H,7,8)(H,9,10);;;;;;. The van der Waals surface area contributed by atoms with Gasteiger partial charge in [0.05, 0.1) is 0 Å². The van der Waals surface area contributed by atoms with Gasteiger partial charge in [0.1, 0.15) is 0 Å². The summed E-state index contributed by atoms with van der Waals surface area (Å²) >= 11 is 0. The van der Waals surface area contributed by atoms with Crippen LogP contribution >= 0.6 is 0 Å². The van der Waals surface area contributed by atoms with Gasteiger partial charge < -0.3 is 20.4 Å². The van der Waals surface area contributed by atoms with Gasteiger partial charge in [-0.15, -0.1) is 0 Å². The SMILES string of the molecule is O=C(O)C(O)C(O)C(=O)O.[CaH2].[CaH2]. The van der Waals surface area contributed by atoms with Crippen LogP contribution in [0.25, 0.3) is 0 Å². The Hall–Kier alpha value is 1.38. The van der Waals surface area contributed by atoms with Gasteiger partial charge in [-0.3, -0.25) is 0 Å². The van der Waals surface area contributed by atoms with Crippen LogP contribution in [0.3, 0.4) is 0 Å². The van der Waals surface area contributed by atoms with Crippen molar-refractivity contribution in [2.45, 2.75) is 12.2 Å². The van der Waals surface area contributed by atoms with Crippen molar-refractivity contribution in [1.82, 2.24) is 0 Å². The molecular formula is C4H10Ca2O6. The van der Waals surface area contributed by atoms with E-state index in [-0.39, 0.29) is 75.5 Å². The van der Waals surface area contributed by atoms with Crippen LogP contribution in [0.4, 0.5) is 0 Å². The average molecular weight is 234 g/mol. The van der Waals surface area contributed by atoms with Gasteiger partial charge in [-0.25, -0.2) is 9.59 Å². The van der Waals surface area contributed by atoms with E-state index in [4.69, 9.17) is 20.4 Å². The van der Waals surface area contributed by atoms with E-state index in [1.165, 1.54) is 0 Å². The second-order valence-electron chi connectivity index (χ2n) is 1.57. The second-order valence-corrected chi connectivity index (χ2v) is 1.57. The Morgan fingerprint density at radius 1 is 0.833 bits per heavy atom. The number of carboxylic acids is 2. The molecule has 0 saturated carbocycles. The van der Waals surface area contributed by atoms with E-state index in [1.807, 2.05) is 0 Å². The third-order valence-electron chi connectivity index (χ3n) is 0.805. The van der Waals surface area contributed by atoms with Crippen molar-refractivity contribution in [2.24, 2.45) is 0 Å². The number of carboxylic acid groups (broad SMARTS) is 2. The van der Waals surface area contributed by atoms with Gasteiger partial charge in [-0.1, -0.05) is 0 Å². The summed E-state index contributed by atoms with van der Waals surface area (Å²) in [5.41, 5.74) is 0. The molecule has 0 amide bonds. The van der Waals surface area contributed by atoms with Gasteiger partial charge in [0, 0.05) is 0 Å². The molecule has 4 N–H and O–H groups in total. The van der Waals surface area contributed by atoms with Gasteiger partial charge in [0.25, 0.3) is 0 Å². The van der Waals surface area contributed by atoms with Crippen LogP contribution in [-0.4, -0.2) is 120 Å². The molecule has 0 aromatic carbocycles. The molecule has 8 heteroatoms. The van der Waals surface area contributed by atoms with Crippen molar-refractivity contribution in [3.05, 3.63) is 0 Å². The zero-order chi connectivity index (χ0) is 8.31. The van der Waals surface area contributed by atoms with E-state index in [0.717, 1.165) is 0 Å². The van der Waals surface area contributed by atoms with Crippen molar-refractivity contribution in [2.75, 3.05) is 0 Å². The molecule has 2 atom stereocenters. The number of aliphatic hydroxyl groups is 2. The van der Waals surface area contributed by atoms with Crippen LogP contribution in [0.15, 0.2) is 0 Å². The van der Waals surface area contributed by atoms with Gasteiger partial charge in [0.15, 0.2) is 12.2 Å². The number of rotatable bonds is 3. The monoisotopic (exact) mass is 234 g/mol. The maximum absolute atomic E-state index is 9.77. The van der Waals surface area contributed by atoms with Crippen molar-refractivity contribution in [3.8, 4) is 0 Å². The van der Waals surface area contributed by atoms with Crippen LogP contribution in [0.5, 0.6) is 0 Å². The fraction of sp³-hybridized carbons (Fsp3) is 0.500. The molecule has 0 bridgehead atoms. The molecule has 0 aliphatic heterocycles. The summed E-state index contributed by atoms with van der Waals surface area (Å²) in [5.74, 6) is -3.54. The van der Waals surface area contributed by atoms with Crippen molar-refractivity contribution in [1.29, 1.82) is 0 Å². The molecule has 0 radical (unpaired) electrons. The topological polar surface area (TPSA) is 115 Å². The molecule has 0 heterocycles. The van der Waals surface area contributed by atoms with Crippen molar-refractivity contribution < 1.29 is 30.0 Å². The zero-order valence-electron chi connectivity index (χ0n) is 4.76. The van der Waals surface area contributed by atoms with E-state index in [9.17, 15) is 9.59 Å². The Bertz CT molecular complexity index is 142. The summed E-state index contributed by atoms with van der Waals surface area (Å²) in [6, 6.07) is 0. The van der Waals surface area contributed by atoms with E-state index < -0.39 is 24.1 Å². The first-order valence-corrected chi connectivity index (χ1v) is 2.28. The Kier molecular flexibility index (Phi) is 14.2. The van der Waals surface area contributed by atoms with Crippen LogP contribution in [0.2, 0.25) is 0 Å². The first-order valence-electron chi connectivity index (χ1n) is 2.28. The van der Waals surface area contributed by atoms with Gasteiger partial charge in [-0.05, 0) is 0 Å². The summed E-state index contributed by atoms with van der Waals surface area (Å²) in [4.78, 5) is 19.5. The molecule has 0 saturated heterocycles. The predicted octanol–water partition coefficient (Wildman–Crippen LogP) is -3.95. The molecule has 66 valence electrons. The van der Waals surface area contributed by atoms with Crippen molar-refractivity contribution in [3.63, 3.8) is 0 Å². The molecule has 0 spiro atoms. The molecular weight excluding hydrogens is 224 g/mol. The number of aliphatic hydroxyl groups excluding tert-OH is 2. The summed E-state index contributed by atoms with van der Waals surface area (Å²) in [6.07, 6.45) is -4.53. The van der Waals surface area contributed by atoms with Crippen LogP contribution < -0.4 is 0 Å². The van der Waals surface area contributed by atoms with Crippen molar-refractivity contribution >= 4 is 87.4 Å². The number of hydrogen-bond acceptors (Lipinski definition) is 4. The summed E-state index contributed by atoms with van der Waals surface area (Å²) < 4.78 is 0. The average Bonchev–Trinajstić information content (AvgIpc) is 1.84. The van der Waals surface area contributed by atoms with Crippen LogP contribution in [0, 0.1) is 0 Å². The third kappa shape index (κ3) is 6.85. The number of carbonyl (C=O) groups is 2. The molecule has 6 nitrogen and oxygen atoms in total. The Morgan fingerprint density at radius 2 is 1.00 bits per heavy atom. The number of aliphatic carboxylic acids is 2. The number of hydrogen-bond donors (Lipinski definition) is 4. The fourth-order valence-corrected chi connectivity index (χ4v) is 0.270. The summed E-state index contributed by atoms with van der Waals surface area (Å²) in [7, 11) is 0. The summed E-state index contributed by atoms with van der Waals surface area (Å²) in [6.45, 7) is 0. The minimum atomic E-state index is -2.27. The first-order chi connectivity index (χ1) is 4.46. The molecule has 0 rings (SSSR count). The fourth-order valence-electron chi connectivity index (χ4n) is 0.270. The molecule has 0 aromatic rings. The van der Waals surface area contributed by atoms with Crippen LogP contribution in [-0.2, 0) is 9.59 Å². The van der Waals surface area contributed by atoms with Gasteiger partial charge >= 0.3 is 87.4 Å². The van der Waals surface area contributed by atoms with E-state index in [0.29, 0.717) is 0 Å². The van der Waals surface area contributed by atoms with Crippen LogP contribution in [0.1, 0.15) is 0 Å². The predicted molar refractivity (Wildman–Crippen MR) is 44.4 cm³/mol. The van der Waals surface area contributed by atoms with E-state index in [2.05, 4.69) is 0 Å². The van der Waals surface area contributed by atoms with Gasteiger partial charge in [-0.2, -0.15) is 0 Å². The third-order valence-corrected chi connectivity index (χ3v) is 0.805. The minimum absolute atomic E-state index is 0. The Balaban J connectivity index is -0.000000405. The van der Waals surface area contributed by atoms with E-state index in [1.54, 1.807) is 0 Å². The quantitative estimate of drug-likeness (QED) is 0.370. The maximum atomic E-state index is 9.77. The molecule has 0 aliphatic rings.